The van der Waals surface area contributed by atoms with Crippen LogP contribution < -0.4 is 10.2 Å². The zero-order chi connectivity index (χ0) is 14.3. The minimum atomic E-state index is 0.349. The van der Waals surface area contributed by atoms with Gasteiger partial charge < -0.3 is 19.4 Å². The summed E-state index contributed by atoms with van der Waals surface area (Å²) in [7, 11) is 1.70. The molecule has 1 aromatic heterocycles. The lowest BCUT2D eigenvalue weighted by Crippen LogP contribution is -2.35. The molecule has 19 heavy (non-hydrogen) atoms. The van der Waals surface area contributed by atoms with Crippen LogP contribution in [0.5, 0.6) is 0 Å². The fourth-order valence-corrected chi connectivity index (χ4v) is 1.64. The molecule has 0 amide bonds. The molecule has 1 heterocycles. The Hall–Kier alpha value is -1.14. The molecule has 0 radical (unpaired) electrons. The van der Waals surface area contributed by atoms with Crippen LogP contribution in [0.25, 0.3) is 0 Å². The van der Waals surface area contributed by atoms with Crippen molar-refractivity contribution in [2.75, 3.05) is 25.2 Å². The highest BCUT2D eigenvalue weighted by atomic mass is 16.5. The van der Waals surface area contributed by atoms with E-state index in [-0.39, 0.29) is 0 Å². The maximum atomic E-state index is 5.70. The van der Waals surface area contributed by atoms with Gasteiger partial charge in [-0.1, -0.05) is 25.9 Å². The van der Waals surface area contributed by atoms with Gasteiger partial charge in [-0.2, -0.15) is 0 Å². The van der Waals surface area contributed by atoms with Crippen molar-refractivity contribution in [2.45, 2.75) is 52.7 Å². The molecule has 1 rings (SSSR count). The molecule has 1 unspecified atom stereocenters. The van der Waals surface area contributed by atoms with Gasteiger partial charge in [0.15, 0.2) is 0 Å². The first-order valence-corrected chi connectivity index (χ1v) is 6.89. The molecule has 110 valence electrons. The van der Waals surface area contributed by atoms with E-state index in [4.69, 9.17) is 9.15 Å². The van der Waals surface area contributed by atoms with E-state index in [2.05, 4.69) is 48.1 Å². The van der Waals surface area contributed by atoms with Crippen molar-refractivity contribution in [3.63, 3.8) is 0 Å². The number of hydrogen-bond donors (Lipinski definition) is 1. The van der Waals surface area contributed by atoms with E-state index < -0.39 is 0 Å². The average molecular weight is 270 g/mol. The van der Waals surface area contributed by atoms with Gasteiger partial charge in [0.05, 0.1) is 13.2 Å². The summed E-state index contributed by atoms with van der Waals surface area (Å²) in [5.74, 6) is 0.620. The molecule has 0 aliphatic carbocycles. The minimum Gasteiger partial charge on any atom is -0.407 e. The summed E-state index contributed by atoms with van der Waals surface area (Å²) in [6, 6.07) is 1.32. The van der Waals surface area contributed by atoms with Crippen LogP contribution >= 0.6 is 0 Å². The number of aromatic nitrogens is 2. The monoisotopic (exact) mass is 270 g/mol. The molecule has 0 bridgehead atoms. The molecule has 6 nitrogen and oxygen atoms in total. The number of nitrogens with zero attached hydrogens (tertiary/aromatic N) is 3. The first kappa shape index (κ1) is 15.9. The van der Waals surface area contributed by atoms with E-state index in [0.717, 1.165) is 13.0 Å². The Morgan fingerprint density at radius 1 is 1.32 bits per heavy atom. The molecule has 0 saturated carbocycles. The number of hydrogen-bond acceptors (Lipinski definition) is 6. The highest BCUT2D eigenvalue weighted by Gasteiger charge is 2.19. The molecule has 0 fully saturated rings. The predicted molar refractivity (Wildman–Crippen MR) is 75.2 cm³/mol. The average Bonchev–Trinajstić information content (AvgIpc) is 2.85. The smallest absolute Gasteiger partial charge is 0.318 e. The normalized spacial score (nSPS) is 12.9. The summed E-state index contributed by atoms with van der Waals surface area (Å²) >= 11 is 0. The lowest BCUT2D eigenvalue weighted by Gasteiger charge is -2.25. The van der Waals surface area contributed by atoms with Crippen LogP contribution in [-0.4, -0.2) is 42.5 Å². The summed E-state index contributed by atoms with van der Waals surface area (Å²) in [5, 5.41) is 11.5. The van der Waals surface area contributed by atoms with Gasteiger partial charge in [0.2, 0.25) is 5.89 Å². The maximum Gasteiger partial charge on any atom is 0.318 e. The van der Waals surface area contributed by atoms with Crippen molar-refractivity contribution in [1.29, 1.82) is 0 Å². The lowest BCUT2D eigenvalue weighted by molar-refractivity contribution is 0.201. The third-order valence-electron chi connectivity index (χ3n) is 3.02. The van der Waals surface area contributed by atoms with Crippen molar-refractivity contribution in [3.8, 4) is 0 Å². The highest BCUT2D eigenvalue weighted by Crippen LogP contribution is 2.16. The second-order valence-corrected chi connectivity index (χ2v) is 4.96. The van der Waals surface area contributed by atoms with Crippen LogP contribution in [-0.2, 0) is 11.3 Å². The van der Waals surface area contributed by atoms with Gasteiger partial charge in [0, 0.05) is 25.7 Å². The summed E-state index contributed by atoms with van der Waals surface area (Å²) in [6.07, 6.45) is 1.02. The fourth-order valence-electron chi connectivity index (χ4n) is 1.64. The topological polar surface area (TPSA) is 63.4 Å². The van der Waals surface area contributed by atoms with E-state index in [0.29, 0.717) is 37.1 Å². The van der Waals surface area contributed by atoms with Crippen molar-refractivity contribution in [1.82, 2.24) is 15.5 Å². The molecular formula is C13H26N4O2. The molecule has 0 aliphatic heterocycles. The van der Waals surface area contributed by atoms with Crippen LogP contribution in [0, 0.1) is 0 Å². The Kier molecular flexibility index (Phi) is 6.80. The molecule has 0 aliphatic rings. The molecule has 0 aromatic carbocycles. The standard InChI is InChI=1S/C13H26N4O2/c1-6-11(4)17(7-8-18-5)13-16-15-12(19-13)9-14-10(2)3/h10-11,14H,6-9H2,1-5H3. The van der Waals surface area contributed by atoms with Gasteiger partial charge in [0.25, 0.3) is 0 Å². The molecule has 6 heteroatoms. The first-order valence-electron chi connectivity index (χ1n) is 6.89. The summed E-state index contributed by atoms with van der Waals surface area (Å²) in [6.45, 7) is 10.5. The summed E-state index contributed by atoms with van der Waals surface area (Å²) in [5.41, 5.74) is 0. The van der Waals surface area contributed by atoms with Gasteiger partial charge in [0.1, 0.15) is 0 Å². The van der Waals surface area contributed by atoms with Crippen LogP contribution in [0.2, 0.25) is 0 Å². The highest BCUT2D eigenvalue weighted by molar-refractivity contribution is 5.25. The van der Waals surface area contributed by atoms with Crippen molar-refractivity contribution in [3.05, 3.63) is 5.89 Å². The first-order chi connectivity index (χ1) is 9.08. The summed E-state index contributed by atoms with van der Waals surface area (Å²) in [4.78, 5) is 2.09. The Morgan fingerprint density at radius 3 is 2.63 bits per heavy atom. The Labute approximate surface area is 115 Å². The van der Waals surface area contributed by atoms with Gasteiger partial charge in [-0.05, 0) is 13.3 Å². The van der Waals surface area contributed by atoms with Gasteiger partial charge >= 0.3 is 6.01 Å². The number of methoxy groups -OCH3 is 1. The Balaban J connectivity index is 2.67. The molecule has 0 saturated heterocycles. The minimum absolute atomic E-state index is 0.349. The Bertz CT molecular complexity index is 354. The number of ether oxygens (including phenoxy) is 1. The lowest BCUT2D eigenvalue weighted by atomic mass is 10.2. The largest absolute Gasteiger partial charge is 0.407 e. The van der Waals surface area contributed by atoms with Crippen LogP contribution in [0.1, 0.15) is 40.0 Å². The second kappa shape index (κ2) is 8.12. The summed E-state index contributed by atoms with van der Waals surface area (Å²) < 4.78 is 10.8. The van der Waals surface area contributed by atoms with Crippen molar-refractivity contribution in [2.24, 2.45) is 0 Å². The van der Waals surface area contributed by atoms with E-state index >= 15 is 0 Å². The Morgan fingerprint density at radius 2 is 2.05 bits per heavy atom. The maximum absolute atomic E-state index is 5.70. The zero-order valence-electron chi connectivity index (χ0n) is 12.6. The molecular weight excluding hydrogens is 244 g/mol. The number of nitrogens with one attached hydrogen (secondary N) is 1. The molecule has 1 atom stereocenters. The van der Waals surface area contributed by atoms with E-state index in [9.17, 15) is 0 Å². The fraction of sp³-hybridized carbons (Fsp3) is 0.846. The predicted octanol–water partition coefficient (Wildman–Crippen LogP) is 1.82. The van der Waals surface area contributed by atoms with E-state index in [1.165, 1.54) is 0 Å². The van der Waals surface area contributed by atoms with E-state index in [1.54, 1.807) is 7.11 Å². The van der Waals surface area contributed by atoms with Crippen molar-refractivity contribution >= 4 is 6.01 Å². The van der Waals surface area contributed by atoms with Gasteiger partial charge in [-0.15, -0.1) is 5.10 Å². The third kappa shape index (κ3) is 5.16. The van der Waals surface area contributed by atoms with Gasteiger partial charge in [-0.25, -0.2) is 0 Å². The van der Waals surface area contributed by atoms with Crippen molar-refractivity contribution < 1.29 is 9.15 Å². The molecule has 0 spiro atoms. The SMILES string of the molecule is CCC(C)N(CCOC)c1nnc(CNC(C)C)o1. The number of rotatable bonds is 9. The third-order valence-corrected chi connectivity index (χ3v) is 3.02. The van der Waals surface area contributed by atoms with Gasteiger partial charge in [-0.3, -0.25) is 0 Å². The van der Waals surface area contributed by atoms with E-state index in [1.807, 2.05) is 0 Å². The molecule has 1 N–H and O–H groups in total. The second-order valence-electron chi connectivity index (χ2n) is 4.96. The van der Waals surface area contributed by atoms with Crippen LogP contribution in [0.4, 0.5) is 6.01 Å². The quantitative estimate of drug-likeness (QED) is 0.738. The number of anilines is 1. The molecule has 1 aromatic rings. The van der Waals surface area contributed by atoms with Crippen LogP contribution in [0.3, 0.4) is 0 Å². The van der Waals surface area contributed by atoms with Crippen LogP contribution in [0.15, 0.2) is 4.42 Å². The zero-order valence-corrected chi connectivity index (χ0v) is 12.6.